The van der Waals surface area contributed by atoms with E-state index in [9.17, 15) is 14.4 Å². The third-order valence-electron chi connectivity index (χ3n) is 4.13. The maximum Gasteiger partial charge on any atom is 0.346 e. The molecule has 1 aromatic carbocycles. The molecule has 1 fully saturated rings. The number of carbonyl (C=O) groups excluding carboxylic acids is 2. The monoisotopic (exact) mass is 314 g/mol. The maximum absolute atomic E-state index is 12.4. The Morgan fingerprint density at radius 2 is 1.91 bits per heavy atom. The van der Waals surface area contributed by atoms with Crippen molar-refractivity contribution in [3.63, 3.8) is 0 Å². The first-order chi connectivity index (χ1) is 11.0. The lowest BCUT2D eigenvalue weighted by Gasteiger charge is -2.19. The van der Waals surface area contributed by atoms with Gasteiger partial charge in [-0.25, -0.2) is 9.48 Å². The van der Waals surface area contributed by atoms with Crippen molar-refractivity contribution in [2.45, 2.75) is 32.2 Å². The summed E-state index contributed by atoms with van der Waals surface area (Å²) in [6.07, 6.45) is 1.43. The summed E-state index contributed by atoms with van der Waals surface area (Å²) in [6, 6.07) is 7.07. The van der Waals surface area contributed by atoms with Gasteiger partial charge >= 0.3 is 5.69 Å². The van der Waals surface area contributed by atoms with Crippen molar-refractivity contribution in [2.75, 3.05) is 0 Å². The van der Waals surface area contributed by atoms with Crippen LogP contribution in [0.5, 0.6) is 0 Å². The Morgan fingerprint density at radius 1 is 1.22 bits per heavy atom. The summed E-state index contributed by atoms with van der Waals surface area (Å²) in [5, 5.41) is 6.58. The Kier molecular flexibility index (Phi) is 3.85. The van der Waals surface area contributed by atoms with Gasteiger partial charge in [0.05, 0.1) is 0 Å². The van der Waals surface area contributed by atoms with Gasteiger partial charge in [0.15, 0.2) is 5.82 Å². The zero-order valence-corrected chi connectivity index (χ0v) is 13.1. The van der Waals surface area contributed by atoms with Crippen molar-refractivity contribution in [2.24, 2.45) is 7.05 Å². The summed E-state index contributed by atoms with van der Waals surface area (Å²) in [4.78, 5) is 35.6. The van der Waals surface area contributed by atoms with Crippen LogP contribution in [0.25, 0.3) is 11.4 Å². The number of imide groups is 1. The Morgan fingerprint density at radius 3 is 2.52 bits per heavy atom. The summed E-state index contributed by atoms with van der Waals surface area (Å²) in [5.41, 5.74) is 1.64. The number of hydrogen-bond acceptors (Lipinski definition) is 4. The van der Waals surface area contributed by atoms with Crippen LogP contribution in [-0.2, 0) is 23.1 Å². The average molecular weight is 314 g/mol. The maximum atomic E-state index is 12.4. The topological polar surface area (TPSA) is 86.0 Å². The molecule has 1 aliphatic rings. The van der Waals surface area contributed by atoms with E-state index in [1.54, 1.807) is 7.05 Å². The number of aromatic nitrogens is 3. The number of aryl methyl sites for hydroxylation is 1. The molecule has 0 radical (unpaired) electrons. The Labute approximate surface area is 132 Å². The van der Waals surface area contributed by atoms with Crippen LogP contribution in [0.1, 0.15) is 31.4 Å². The van der Waals surface area contributed by atoms with Gasteiger partial charge in [0.2, 0.25) is 5.91 Å². The summed E-state index contributed by atoms with van der Waals surface area (Å²) in [7, 11) is 1.63. The van der Waals surface area contributed by atoms with E-state index >= 15 is 0 Å². The number of piperidine rings is 1. The molecule has 0 saturated carbocycles. The van der Waals surface area contributed by atoms with E-state index in [1.165, 1.54) is 14.8 Å². The van der Waals surface area contributed by atoms with Gasteiger partial charge in [-0.1, -0.05) is 31.2 Å². The average Bonchev–Trinajstić information content (AvgIpc) is 2.84. The molecule has 0 aliphatic carbocycles. The number of nitrogens with one attached hydrogen (secondary N) is 1. The van der Waals surface area contributed by atoms with Gasteiger partial charge in [0.25, 0.3) is 5.91 Å². The fraction of sp³-hybridized carbons (Fsp3) is 0.375. The minimum atomic E-state index is -0.741. The van der Waals surface area contributed by atoms with Gasteiger partial charge in [-0.15, -0.1) is 5.10 Å². The highest BCUT2D eigenvalue weighted by molar-refractivity contribution is 5.99. The van der Waals surface area contributed by atoms with Crippen molar-refractivity contribution in [3.05, 3.63) is 40.3 Å². The van der Waals surface area contributed by atoms with Gasteiger partial charge in [-0.2, -0.15) is 0 Å². The highest BCUT2D eigenvalue weighted by Gasteiger charge is 2.31. The number of amides is 2. The lowest BCUT2D eigenvalue weighted by atomic mass is 10.1. The molecule has 0 unspecified atom stereocenters. The first-order valence-corrected chi connectivity index (χ1v) is 7.59. The van der Waals surface area contributed by atoms with Gasteiger partial charge in [0, 0.05) is 19.0 Å². The second-order valence-electron chi connectivity index (χ2n) is 5.63. The first kappa shape index (κ1) is 15.2. The molecule has 2 heterocycles. The quantitative estimate of drug-likeness (QED) is 0.849. The summed E-state index contributed by atoms with van der Waals surface area (Å²) in [6.45, 7) is 2.07. The summed E-state index contributed by atoms with van der Waals surface area (Å²) < 4.78 is 2.59. The lowest BCUT2D eigenvalue weighted by Crippen LogP contribution is -2.44. The van der Waals surface area contributed by atoms with E-state index in [2.05, 4.69) is 17.3 Å². The van der Waals surface area contributed by atoms with Crippen molar-refractivity contribution < 1.29 is 9.59 Å². The molecule has 7 nitrogen and oxygen atoms in total. The molecule has 3 rings (SSSR count). The zero-order chi connectivity index (χ0) is 16.6. The number of nitrogens with zero attached hydrogens (tertiary/aromatic N) is 3. The second kappa shape index (κ2) is 5.83. The Bertz CT molecular complexity index is 817. The number of rotatable bonds is 3. The van der Waals surface area contributed by atoms with E-state index < -0.39 is 11.9 Å². The predicted molar refractivity (Wildman–Crippen MR) is 83.7 cm³/mol. The number of carbonyl (C=O) groups is 2. The van der Waals surface area contributed by atoms with E-state index in [4.69, 9.17) is 0 Å². The molecule has 1 N–H and O–H groups in total. The molecule has 0 spiro atoms. The van der Waals surface area contributed by atoms with Crippen LogP contribution in [0, 0.1) is 0 Å². The molecule has 23 heavy (non-hydrogen) atoms. The molecule has 1 aromatic heterocycles. The van der Waals surface area contributed by atoms with Crippen LogP contribution in [-0.4, -0.2) is 26.2 Å². The van der Waals surface area contributed by atoms with Crippen LogP contribution in [0.2, 0.25) is 0 Å². The largest absolute Gasteiger partial charge is 0.346 e. The van der Waals surface area contributed by atoms with Crippen LogP contribution in [0.15, 0.2) is 29.1 Å². The third kappa shape index (κ3) is 2.69. The van der Waals surface area contributed by atoms with Crippen LogP contribution < -0.4 is 11.0 Å². The van der Waals surface area contributed by atoms with E-state index in [0.717, 1.165) is 12.0 Å². The molecular weight excluding hydrogens is 296 g/mol. The van der Waals surface area contributed by atoms with Crippen LogP contribution in [0.4, 0.5) is 0 Å². The fourth-order valence-electron chi connectivity index (χ4n) is 2.72. The van der Waals surface area contributed by atoms with Crippen molar-refractivity contribution in [3.8, 4) is 11.4 Å². The highest BCUT2D eigenvalue weighted by atomic mass is 16.2. The molecular formula is C16H18N4O3. The highest BCUT2D eigenvalue weighted by Crippen LogP contribution is 2.20. The Hall–Kier alpha value is -2.70. The Balaban J connectivity index is 1.99. The minimum Gasteiger partial charge on any atom is -0.295 e. The zero-order valence-electron chi connectivity index (χ0n) is 13.1. The smallest absolute Gasteiger partial charge is 0.295 e. The SMILES string of the molecule is CCc1ccc(-c2nn([C@H]3CCC(=O)NC3=O)c(=O)n2C)cc1. The van der Waals surface area contributed by atoms with E-state index in [-0.39, 0.29) is 24.4 Å². The predicted octanol–water partition coefficient (Wildman–Crippen LogP) is 0.789. The van der Waals surface area contributed by atoms with Gasteiger partial charge in [-0.05, 0) is 18.4 Å². The van der Waals surface area contributed by atoms with Gasteiger partial charge in [0.1, 0.15) is 6.04 Å². The molecule has 2 aromatic rings. The second-order valence-corrected chi connectivity index (χ2v) is 5.63. The number of hydrogen-bond donors (Lipinski definition) is 1. The minimum absolute atomic E-state index is 0.208. The molecule has 7 heteroatoms. The molecule has 1 aliphatic heterocycles. The number of benzene rings is 1. The van der Waals surface area contributed by atoms with E-state index in [0.29, 0.717) is 5.82 Å². The van der Waals surface area contributed by atoms with Crippen molar-refractivity contribution in [1.82, 2.24) is 19.7 Å². The first-order valence-electron chi connectivity index (χ1n) is 7.59. The van der Waals surface area contributed by atoms with E-state index in [1.807, 2.05) is 24.3 Å². The third-order valence-corrected chi connectivity index (χ3v) is 4.13. The van der Waals surface area contributed by atoms with Crippen molar-refractivity contribution in [1.29, 1.82) is 0 Å². The van der Waals surface area contributed by atoms with Gasteiger partial charge < -0.3 is 0 Å². The normalized spacial score (nSPS) is 18.1. The van der Waals surface area contributed by atoms with Crippen LogP contribution in [0.3, 0.4) is 0 Å². The molecule has 120 valence electrons. The molecule has 0 bridgehead atoms. The molecule has 2 amide bonds. The standard InChI is InChI=1S/C16H18N4O3/c1-3-10-4-6-11(7-5-10)14-18-20(16(23)19(14)2)12-8-9-13(21)17-15(12)22/h4-7,12H,3,8-9H2,1-2H3,(H,17,21,22)/t12-/m0/s1. The van der Waals surface area contributed by atoms with Crippen molar-refractivity contribution >= 4 is 11.8 Å². The molecule has 1 saturated heterocycles. The molecule has 1 atom stereocenters. The summed E-state index contributed by atoms with van der Waals surface area (Å²) in [5.74, 6) is -0.290. The van der Waals surface area contributed by atoms with Gasteiger partial charge in [-0.3, -0.25) is 19.5 Å². The lowest BCUT2D eigenvalue weighted by molar-refractivity contribution is -0.136. The summed E-state index contributed by atoms with van der Waals surface area (Å²) >= 11 is 0. The van der Waals surface area contributed by atoms with Crippen LogP contribution >= 0.6 is 0 Å². The fourth-order valence-corrected chi connectivity index (χ4v) is 2.72.